The van der Waals surface area contributed by atoms with Crippen LogP contribution >= 0.6 is 0 Å². The second-order valence-electron chi connectivity index (χ2n) is 6.78. The molecule has 2 amide bonds. The average Bonchev–Trinajstić information content (AvgIpc) is 3.57. The van der Waals surface area contributed by atoms with Gasteiger partial charge in [0.05, 0.1) is 13.7 Å². The van der Waals surface area contributed by atoms with Gasteiger partial charge in [-0.05, 0) is 42.0 Å². The number of carbonyl (C=O) groups excluding carboxylic acids is 2. The van der Waals surface area contributed by atoms with E-state index in [2.05, 4.69) is 10.6 Å². The summed E-state index contributed by atoms with van der Waals surface area (Å²) in [5.74, 6) is -0.652. The van der Waals surface area contributed by atoms with Gasteiger partial charge in [-0.25, -0.2) is 0 Å². The van der Waals surface area contributed by atoms with Crippen molar-refractivity contribution in [2.75, 3.05) is 13.7 Å². The fourth-order valence-electron chi connectivity index (χ4n) is 3.07. The van der Waals surface area contributed by atoms with Crippen molar-refractivity contribution in [3.05, 3.63) is 65.7 Å². The summed E-state index contributed by atoms with van der Waals surface area (Å²) >= 11 is 0. The molecule has 6 heteroatoms. The van der Waals surface area contributed by atoms with Gasteiger partial charge in [0.15, 0.2) is 0 Å². The predicted octanol–water partition coefficient (Wildman–Crippen LogP) is 1.73. The molecule has 3 rings (SSSR count). The number of hydrogen-bond acceptors (Lipinski definition) is 4. The molecule has 0 radical (unpaired) electrons. The van der Waals surface area contributed by atoms with Crippen LogP contribution < -0.4 is 15.4 Å². The monoisotopic (exact) mass is 368 g/mol. The highest BCUT2D eigenvalue weighted by atomic mass is 16.5. The molecule has 2 aromatic rings. The van der Waals surface area contributed by atoms with Crippen LogP contribution in [0.3, 0.4) is 0 Å². The molecule has 3 N–H and O–H groups in total. The molecule has 1 aliphatic carbocycles. The average molecular weight is 368 g/mol. The maximum absolute atomic E-state index is 12.1. The summed E-state index contributed by atoms with van der Waals surface area (Å²) < 4.78 is 5.08. The molecule has 0 aliphatic heterocycles. The number of ether oxygens (including phenoxy) is 1. The largest absolute Gasteiger partial charge is 0.497 e. The number of carbonyl (C=O) groups is 2. The van der Waals surface area contributed by atoms with Crippen LogP contribution in [0.25, 0.3) is 0 Å². The molecule has 1 unspecified atom stereocenters. The van der Waals surface area contributed by atoms with E-state index in [4.69, 9.17) is 4.74 Å². The molecule has 0 heterocycles. The van der Waals surface area contributed by atoms with Crippen LogP contribution in [0.15, 0.2) is 54.6 Å². The zero-order valence-corrected chi connectivity index (χ0v) is 15.3. The molecule has 0 spiro atoms. The van der Waals surface area contributed by atoms with E-state index in [9.17, 15) is 14.7 Å². The van der Waals surface area contributed by atoms with Crippen molar-refractivity contribution in [2.45, 2.75) is 25.0 Å². The first-order valence-corrected chi connectivity index (χ1v) is 9.00. The van der Waals surface area contributed by atoms with Crippen LogP contribution in [-0.2, 0) is 21.7 Å². The van der Waals surface area contributed by atoms with Crippen LogP contribution in [0.4, 0.5) is 0 Å². The van der Waals surface area contributed by atoms with Crippen LogP contribution in [0.2, 0.25) is 0 Å². The SMILES string of the molecule is COc1ccc(CNC(=O)C(=O)NCC(O)(c2ccccc2)C2CC2)cc1. The summed E-state index contributed by atoms with van der Waals surface area (Å²) in [4.78, 5) is 24.2. The minimum atomic E-state index is -1.15. The molecule has 27 heavy (non-hydrogen) atoms. The van der Waals surface area contributed by atoms with Crippen LogP contribution in [-0.4, -0.2) is 30.6 Å². The second-order valence-corrected chi connectivity index (χ2v) is 6.78. The molecule has 142 valence electrons. The number of nitrogens with one attached hydrogen (secondary N) is 2. The van der Waals surface area contributed by atoms with Crippen molar-refractivity contribution in [1.82, 2.24) is 10.6 Å². The molecule has 1 aliphatic rings. The third-order valence-electron chi connectivity index (χ3n) is 4.86. The summed E-state index contributed by atoms with van der Waals surface area (Å²) in [5.41, 5.74) is 0.467. The quantitative estimate of drug-likeness (QED) is 0.650. The number of rotatable bonds is 7. The molecule has 0 bridgehead atoms. The van der Waals surface area contributed by atoms with Gasteiger partial charge in [0.1, 0.15) is 11.4 Å². The second kappa shape index (κ2) is 8.22. The van der Waals surface area contributed by atoms with Crippen LogP contribution in [0, 0.1) is 5.92 Å². The Kier molecular flexibility index (Phi) is 5.76. The Labute approximate surface area is 158 Å². The van der Waals surface area contributed by atoms with Gasteiger partial charge in [-0.1, -0.05) is 42.5 Å². The normalized spacial score (nSPS) is 15.5. The first-order chi connectivity index (χ1) is 13.0. The van der Waals surface area contributed by atoms with Gasteiger partial charge in [0.2, 0.25) is 0 Å². The van der Waals surface area contributed by atoms with E-state index in [0.29, 0.717) is 0 Å². The lowest BCUT2D eigenvalue weighted by Crippen LogP contribution is -2.47. The maximum Gasteiger partial charge on any atom is 0.309 e. The smallest absolute Gasteiger partial charge is 0.309 e. The minimum absolute atomic E-state index is 0.0104. The van der Waals surface area contributed by atoms with E-state index in [1.165, 1.54) is 0 Å². The van der Waals surface area contributed by atoms with Gasteiger partial charge in [0, 0.05) is 6.54 Å². The number of methoxy groups -OCH3 is 1. The van der Waals surface area contributed by atoms with Gasteiger partial charge < -0.3 is 20.5 Å². The molecule has 1 fully saturated rings. The summed E-state index contributed by atoms with van der Waals surface area (Å²) in [7, 11) is 1.58. The van der Waals surface area contributed by atoms with Gasteiger partial charge in [-0.2, -0.15) is 0 Å². The van der Waals surface area contributed by atoms with E-state index >= 15 is 0 Å². The van der Waals surface area contributed by atoms with E-state index < -0.39 is 17.4 Å². The number of benzene rings is 2. The Morgan fingerprint density at radius 2 is 1.67 bits per heavy atom. The first-order valence-electron chi connectivity index (χ1n) is 9.00. The molecular formula is C21H24N2O4. The Balaban J connectivity index is 1.53. The zero-order valence-electron chi connectivity index (χ0n) is 15.3. The summed E-state index contributed by atoms with van der Waals surface area (Å²) in [6.45, 7) is 0.248. The maximum atomic E-state index is 12.1. The fraction of sp³-hybridized carbons (Fsp3) is 0.333. The van der Waals surface area contributed by atoms with Gasteiger partial charge in [-0.15, -0.1) is 0 Å². The van der Waals surface area contributed by atoms with E-state index in [0.717, 1.165) is 29.7 Å². The van der Waals surface area contributed by atoms with Crippen LogP contribution in [0.5, 0.6) is 5.75 Å². The van der Waals surface area contributed by atoms with Gasteiger partial charge >= 0.3 is 11.8 Å². The summed E-state index contributed by atoms with van der Waals surface area (Å²) in [6, 6.07) is 16.5. The fourth-order valence-corrected chi connectivity index (χ4v) is 3.07. The van der Waals surface area contributed by atoms with Crippen LogP contribution in [0.1, 0.15) is 24.0 Å². The Morgan fingerprint density at radius 3 is 2.26 bits per heavy atom. The van der Waals surface area contributed by atoms with Crippen molar-refractivity contribution < 1.29 is 19.4 Å². The van der Waals surface area contributed by atoms with Crippen molar-refractivity contribution in [3.63, 3.8) is 0 Å². The third kappa shape index (κ3) is 4.65. The highest BCUT2D eigenvalue weighted by Gasteiger charge is 2.45. The van der Waals surface area contributed by atoms with E-state index in [-0.39, 0.29) is 19.0 Å². The summed E-state index contributed by atoms with van der Waals surface area (Å²) in [6.07, 6.45) is 1.82. The zero-order chi connectivity index (χ0) is 19.3. The van der Waals surface area contributed by atoms with Crippen molar-refractivity contribution in [3.8, 4) is 5.75 Å². The molecule has 6 nitrogen and oxygen atoms in total. The lowest BCUT2D eigenvalue weighted by Gasteiger charge is -2.29. The topological polar surface area (TPSA) is 87.7 Å². The number of amides is 2. The Bertz CT molecular complexity index is 788. The summed E-state index contributed by atoms with van der Waals surface area (Å²) in [5, 5.41) is 16.2. The Hall–Kier alpha value is -2.86. The van der Waals surface area contributed by atoms with Crippen molar-refractivity contribution in [1.29, 1.82) is 0 Å². The van der Waals surface area contributed by atoms with Gasteiger partial charge in [-0.3, -0.25) is 9.59 Å². The standard InChI is InChI=1S/C21H24N2O4/c1-27-18-11-7-15(8-12-18)13-22-19(24)20(25)23-14-21(26,17-9-10-17)16-5-3-2-4-6-16/h2-8,11-12,17,26H,9-10,13-14H2,1H3,(H,22,24)(H,23,25). The molecular weight excluding hydrogens is 344 g/mol. The van der Waals surface area contributed by atoms with Gasteiger partial charge in [0.25, 0.3) is 0 Å². The molecule has 0 aromatic heterocycles. The highest BCUT2D eigenvalue weighted by Crippen LogP contribution is 2.45. The number of aliphatic hydroxyl groups is 1. The first kappa shape index (κ1) is 18.9. The lowest BCUT2D eigenvalue weighted by atomic mass is 9.88. The Morgan fingerprint density at radius 1 is 1.04 bits per heavy atom. The van der Waals surface area contributed by atoms with Crippen molar-refractivity contribution >= 4 is 11.8 Å². The molecule has 1 saturated carbocycles. The molecule has 1 atom stereocenters. The number of hydrogen-bond donors (Lipinski definition) is 3. The highest BCUT2D eigenvalue weighted by molar-refractivity contribution is 6.35. The third-order valence-corrected chi connectivity index (χ3v) is 4.86. The molecule has 2 aromatic carbocycles. The minimum Gasteiger partial charge on any atom is -0.497 e. The predicted molar refractivity (Wildman–Crippen MR) is 101 cm³/mol. The molecule has 0 saturated heterocycles. The van der Waals surface area contributed by atoms with E-state index in [1.807, 2.05) is 42.5 Å². The van der Waals surface area contributed by atoms with E-state index in [1.54, 1.807) is 19.2 Å². The van der Waals surface area contributed by atoms with Crippen molar-refractivity contribution in [2.24, 2.45) is 5.92 Å². The lowest BCUT2D eigenvalue weighted by molar-refractivity contribution is -0.140.